The molecule has 4 rings (SSSR count). The van der Waals surface area contributed by atoms with Gasteiger partial charge in [0, 0.05) is 43.7 Å². The number of carbonyl (C=O) groups is 3. The van der Waals surface area contributed by atoms with Crippen molar-refractivity contribution in [2.24, 2.45) is 11.7 Å². The van der Waals surface area contributed by atoms with E-state index in [9.17, 15) is 14.4 Å². The lowest BCUT2D eigenvalue weighted by Crippen LogP contribution is -2.45. The lowest BCUT2D eigenvalue weighted by atomic mass is 9.97. The zero-order chi connectivity index (χ0) is 27.4. The molecule has 0 radical (unpaired) electrons. The van der Waals surface area contributed by atoms with E-state index in [2.05, 4.69) is 17.3 Å². The van der Waals surface area contributed by atoms with Crippen molar-refractivity contribution < 1.29 is 14.4 Å². The minimum absolute atomic E-state index is 0.135. The first-order valence-electron chi connectivity index (χ1n) is 12.9. The van der Waals surface area contributed by atoms with Gasteiger partial charge in [0.2, 0.25) is 5.91 Å². The van der Waals surface area contributed by atoms with Crippen LogP contribution >= 0.6 is 0 Å². The van der Waals surface area contributed by atoms with E-state index in [4.69, 9.17) is 11.1 Å². The van der Waals surface area contributed by atoms with Gasteiger partial charge in [-0.1, -0.05) is 18.2 Å². The lowest BCUT2D eigenvalue weighted by molar-refractivity contribution is -0.122. The first-order valence-corrected chi connectivity index (χ1v) is 12.9. The van der Waals surface area contributed by atoms with Crippen LogP contribution in [-0.4, -0.2) is 73.5 Å². The third kappa shape index (κ3) is 5.62. The number of likely N-dealkylation sites (N-methyl/N-ethyl adjacent to an activating group) is 1. The minimum atomic E-state index is -0.711. The number of allylic oxidation sites excluding steroid dienone is 1. The van der Waals surface area contributed by atoms with E-state index < -0.39 is 6.04 Å². The van der Waals surface area contributed by atoms with Gasteiger partial charge in [0.15, 0.2) is 0 Å². The molecule has 0 aromatic heterocycles. The Morgan fingerprint density at radius 2 is 1.84 bits per heavy atom. The topological polar surface area (TPSA) is 123 Å². The van der Waals surface area contributed by atoms with Gasteiger partial charge in [-0.3, -0.25) is 14.4 Å². The third-order valence-electron chi connectivity index (χ3n) is 7.61. The van der Waals surface area contributed by atoms with Gasteiger partial charge in [-0.25, -0.2) is 0 Å². The predicted molar refractivity (Wildman–Crippen MR) is 149 cm³/mol. The highest BCUT2D eigenvalue weighted by molar-refractivity contribution is 6.13. The number of amides is 3. The molecular weight excluding hydrogens is 480 g/mol. The molecular formula is C29H36N6O3. The number of nitrogens with zero attached hydrogens (tertiary/aromatic N) is 3. The smallest absolute Gasteiger partial charge is 0.256 e. The molecule has 2 aliphatic heterocycles. The largest absolute Gasteiger partial charge is 0.404 e. The van der Waals surface area contributed by atoms with Gasteiger partial charge < -0.3 is 31.2 Å². The fourth-order valence-electron chi connectivity index (χ4n) is 5.08. The first-order chi connectivity index (χ1) is 18.2. The van der Waals surface area contributed by atoms with E-state index >= 15 is 0 Å². The molecule has 3 amide bonds. The van der Waals surface area contributed by atoms with Crippen LogP contribution in [0.25, 0.3) is 5.57 Å². The van der Waals surface area contributed by atoms with Crippen LogP contribution in [0.1, 0.15) is 51.6 Å². The molecule has 1 fully saturated rings. The van der Waals surface area contributed by atoms with Gasteiger partial charge in [0.05, 0.1) is 11.3 Å². The normalized spacial score (nSPS) is 19.2. The van der Waals surface area contributed by atoms with Gasteiger partial charge in [-0.15, -0.1) is 0 Å². The summed E-state index contributed by atoms with van der Waals surface area (Å²) >= 11 is 0. The highest BCUT2D eigenvalue weighted by Gasteiger charge is 2.36. The summed E-state index contributed by atoms with van der Waals surface area (Å²) in [6.07, 6.45) is 4.60. The second-order valence-electron chi connectivity index (χ2n) is 10.2. The Kier molecular flexibility index (Phi) is 8.26. The predicted octanol–water partition coefficient (Wildman–Crippen LogP) is 2.71. The van der Waals surface area contributed by atoms with Crippen molar-refractivity contribution >= 4 is 35.2 Å². The van der Waals surface area contributed by atoms with Crippen LogP contribution in [0.2, 0.25) is 0 Å². The lowest BCUT2D eigenvalue weighted by Gasteiger charge is -2.29. The fourth-order valence-corrected chi connectivity index (χ4v) is 5.08. The van der Waals surface area contributed by atoms with E-state index in [0.29, 0.717) is 40.4 Å². The maximum Gasteiger partial charge on any atom is 0.256 e. The molecule has 2 aliphatic rings. The fraction of sp³-hybridized carbons (Fsp3) is 0.379. The molecule has 2 aromatic rings. The highest BCUT2D eigenvalue weighted by atomic mass is 16.2. The maximum atomic E-state index is 13.7. The minimum Gasteiger partial charge on any atom is -0.404 e. The van der Waals surface area contributed by atoms with Gasteiger partial charge in [-0.2, -0.15) is 0 Å². The van der Waals surface area contributed by atoms with Crippen molar-refractivity contribution in [3.8, 4) is 0 Å². The summed E-state index contributed by atoms with van der Waals surface area (Å²) in [5, 5.41) is 10.6. The summed E-state index contributed by atoms with van der Waals surface area (Å²) in [7, 11) is 3.76. The number of nitrogens with one attached hydrogen (secondary N) is 2. The number of hydrogen-bond donors (Lipinski definition) is 3. The number of benzene rings is 2. The molecule has 9 heteroatoms. The third-order valence-corrected chi connectivity index (χ3v) is 7.61. The Morgan fingerprint density at radius 1 is 1.11 bits per heavy atom. The maximum absolute atomic E-state index is 13.7. The number of piperidine rings is 1. The second-order valence-corrected chi connectivity index (χ2v) is 10.2. The molecule has 38 heavy (non-hydrogen) atoms. The summed E-state index contributed by atoms with van der Waals surface area (Å²) in [5.41, 5.74) is 8.93. The molecule has 2 aromatic carbocycles. The van der Waals surface area contributed by atoms with E-state index in [1.807, 2.05) is 6.07 Å². The summed E-state index contributed by atoms with van der Waals surface area (Å²) < 4.78 is 0. The SMILES string of the molecule is C[C@@H]1C(=O)N(C)c2cc(/C(C=N)=C/N)ccc2C(=O)N1Cc1cccc(C(=O)NCC2CCN(C)CC2)c1. The highest BCUT2D eigenvalue weighted by Crippen LogP contribution is 2.31. The van der Waals surface area contributed by atoms with Gasteiger partial charge in [-0.05, 0) is 81.2 Å². The molecule has 0 aliphatic carbocycles. The van der Waals surface area contributed by atoms with Crippen LogP contribution in [0, 0.1) is 11.3 Å². The summed E-state index contributed by atoms with van der Waals surface area (Å²) in [4.78, 5) is 45.2. The molecule has 4 N–H and O–H groups in total. The zero-order valence-electron chi connectivity index (χ0n) is 22.2. The number of hydrogen-bond acceptors (Lipinski definition) is 6. The van der Waals surface area contributed by atoms with Crippen LogP contribution in [0.15, 0.2) is 48.7 Å². The number of likely N-dealkylation sites (tertiary alicyclic amines) is 1. The molecule has 0 unspecified atom stereocenters. The van der Waals surface area contributed by atoms with Crippen molar-refractivity contribution in [2.45, 2.75) is 32.4 Å². The molecule has 2 heterocycles. The Hall–Kier alpha value is -3.98. The molecule has 0 bridgehead atoms. The number of anilines is 1. The van der Waals surface area contributed by atoms with Crippen molar-refractivity contribution in [2.75, 3.05) is 38.6 Å². The number of nitrogens with two attached hydrogens (primary N) is 1. The molecule has 1 atom stereocenters. The van der Waals surface area contributed by atoms with Crippen molar-refractivity contribution in [1.29, 1.82) is 5.41 Å². The number of fused-ring (bicyclic) bond motifs is 1. The monoisotopic (exact) mass is 516 g/mol. The molecule has 200 valence electrons. The van der Waals surface area contributed by atoms with Crippen molar-refractivity contribution in [1.82, 2.24) is 15.1 Å². The number of carbonyl (C=O) groups excluding carboxylic acids is 3. The van der Waals surface area contributed by atoms with Gasteiger partial charge in [0.25, 0.3) is 11.8 Å². The summed E-state index contributed by atoms with van der Waals surface area (Å²) in [6, 6.07) is 11.6. The van der Waals surface area contributed by atoms with E-state index in [0.717, 1.165) is 37.7 Å². The van der Waals surface area contributed by atoms with Crippen LogP contribution < -0.4 is 16.0 Å². The van der Waals surface area contributed by atoms with E-state index in [1.165, 1.54) is 16.0 Å². The molecule has 0 spiro atoms. The van der Waals surface area contributed by atoms with Crippen molar-refractivity contribution in [3.05, 3.63) is 70.9 Å². The average molecular weight is 517 g/mol. The molecule has 1 saturated heterocycles. The van der Waals surface area contributed by atoms with Crippen LogP contribution in [0.3, 0.4) is 0 Å². The molecule has 0 saturated carbocycles. The van der Waals surface area contributed by atoms with E-state index in [1.54, 1.807) is 50.4 Å². The number of rotatable bonds is 7. The molecule has 9 nitrogen and oxygen atoms in total. The van der Waals surface area contributed by atoms with Gasteiger partial charge >= 0.3 is 0 Å². The van der Waals surface area contributed by atoms with Gasteiger partial charge in [0.1, 0.15) is 6.04 Å². The Balaban J connectivity index is 1.53. The Morgan fingerprint density at radius 3 is 2.53 bits per heavy atom. The van der Waals surface area contributed by atoms with E-state index in [-0.39, 0.29) is 24.3 Å². The average Bonchev–Trinajstić information content (AvgIpc) is 3.00. The van der Waals surface area contributed by atoms with Crippen molar-refractivity contribution in [3.63, 3.8) is 0 Å². The van der Waals surface area contributed by atoms with Crippen LogP contribution in [-0.2, 0) is 11.3 Å². The Labute approximate surface area is 223 Å². The van der Waals surface area contributed by atoms with Crippen LogP contribution in [0.4, 0.5) is 5.69 Å². The standard InChI is InChI=1S/C29H36N6O3/c1-19-28(37)34(3)26-14-22(24(15-30)16-31)7-8-25(26)29(38)35(19)18-21-5-4-6-23(13-21)27(36)32-17-20-9-11-33(2)12-10-20/h4-8,13-16,19-20,30H,9-12,17-18,31H2,1-3H3,(H,32,36)/b24-16+,30-15?/t19-/m1/s1. The Bertz CT molecular complexity index is 1260. The quantitative estimate of drug-likeness (QED) is 0.489. The van der Waals surface area contributed by atoms with Crippen LogP contribution in [0.5, 0.6) is 0 Å². The second kappa shape index (κ2) is 11.6. The first kappa shape index (κ1) is 27.1. The summed E-state index contributed by atoms with van der Waals surface area (Å²) in [5.74, 6) is -0.158. The summed E-state index contributed by atoms with van der Waals surface area (Å²) in [6.45, 7) is 4.64. The zero-order valence-corrected chi connectivity index (χ0v) is 22.2.